The van der Waals surface area contributed by atoms with Crippen molar-refractivity contribution in [2.24, 2.45) is 0 Å². The van der Waals surface area contributed by atoms with E-state index in [-0.39, 0.29) is 0 Å². The maximum Gasteiger partial charge on any atom is 0.255 e. The Balaban J connectivity index is 0.000000292. The van der Waals surface area contributed by atoms with Gasteiger partial charge < -0.3 is 0 Å². The van der Waals surface area contributed by atoms with E-state index < -0.39 is 12.5 Å². The Kier molecular flexibility index (Phi) is 6.97. The lowest BCUT2D eigenvalue weighted by atomic mass is 10.5. The highest BCUT2D eigenvalue weighted by molar-refractivity contribution is 7.89. The molecule has 62 valence electrons. The summed E-state index contributed by atoms with van der Waals surface area (Å²) in [6.07, 6.45) is 1.79. The van der Waals surface area contributed by atoms with Gasteiger partial charge in [0.15, 0.2) is 0 Å². The van der Waals surface area contributed by atoms with Crippen LogP contribution in [0.5, 0.6) is 0 Å². The van der Waals surface area contributed by atoms with Gasteiger partial charge in [-0.05, 0) is 6.07 Å². The van der Waals surface area contributed by atoms with E-state index in [2.05, 4.69) is 4.98 Å². The molecule has 0 saturated heterocycles. The molecule has 11 heavy (non-hydrogen) atoms. The number of nitrogens with zero attached hydrogens (tertiary/aromatic N) is 1. The zero-order valence-electron chi connectivity index (χ0n) is 6.00. The second-order valence-electron chi connectivity index (χ2n) is 1.60. The summed E-state index contributed by atoms with van der Waals surface area (Å²) in [5, 5.41) is 1.97. The van der Waals surface area contributed by atoms with E-state index in [1.54, 1.807) is 6.20 Å². The number of pyridine rings is 1. The van der Waals surface area contributed by atoms with Crippen LogP contribution in [0.2, 0.25) is 0 Å². The molecule has 1 rings (SSSR count). The molecule has 2 N–H and O–H groups in total. The molecule has 0 bridgehead atoms. The lowest BCUT2D eigenvalue weighted by molar-refractivity contribution is -0.543. The third kappa shape index (κ3) is 5.75. The van der Waals surface area contributed by atoms with Crippen LogP contribution in [0, 0.1) is 0 Å². The lowest BCUT2D eigenvalue weighted by Gasteiger charge is -1.86. The van der Waals surface area contributed by atoms with Gasteiger partial charge in [0.1, 0.15) is 0 Å². The van der Waals surface area contributed by atoms with Crippen molar-refractivity contribution >= 4 is 18.4 Å². The van der Waals surface area contributed by atoms with Crippen LogP contribution < -0.4 is 5.32 Å². The summed E-state index contributed by atoms with van der Waals surface area (Å²) in [7, 11) is 1.97. The maximum absolute atomic E-state index is 9.54. The van der Waals surface area contributed by atoms with Crippen LogP contribution >= 0.6 is 12.5 Å². The SMILES string of the molecule is C[NH2+]c1ccccn1.FSF. The predicted octanol–water partition coefficient (Wildman–Crippen LogP) is 1.39. The fraction of sp³-hybridized carbons (Fsp3) is 0.167. The minimum atomic E-state index is -1.25. The first-order valence-electron chi connectivity index (χ1n) is 2.95. The number of nitrogens with two attached hydrogens (primary N) is 1. The molecule has 0 aromatic carbocycles. The molecule has 5 heteroatoms. The van der Waals surface area contributed by atoms with Crippen LogP contribution in [-0.4, -0.2) is 12.0 Å². The molecule has 0 fully saturated rings. The van der Waals surface area contributed by atoms with Gasteiger partial charge in [-0.15, -0.1) is 7.77 Å². The van der Waals surface area contributed by atoms with Crippen molar-refractivity contribution in [2.45, 2.75) is 0 Å². The summed E-state index contributed by atoms with van der Waals surface area (Å²) >= 11 is -1.25. The van der Waals surface area contributed by atoms with Gasteiger partial charge >= 0.3 is 0 Å². The van der Waals surface area contributed by atoms with Crippen molar-refractivity contribution in [2.75, 3.05) is 7.05 Å². The number of rotatable bonds is 1. The van der Waals surface area contributed by atoms with Gasteiger partial charge in [-0.25, -0.2) is 4.98 Å². The number of quaternary nitrogens is 1. The van der Waals surface area contributed by atoms with Gasteiger partial charge in [-0.1, -0.05) is 6.07 Å². The molecule has 0 atom stereocenters. The van der Waals surface area contributed by atoms with Crippen molar-refractivity contribution < 1.29 is 13.1 Å². The molecule has 0 saturated carbocycles. The van der Waals surface area contributed by atoms with E-state index >= 15 is 0 Å². The fourth-order valence-corrected chi connectivity index (χ4v) is 0.547. The Morgan fingerprint density at radius 1 is 1.45 bits per heavy atom. The molecule has 0 aliphatic heterocycles. The van der Waals surface area contributed by atoms with Crippen LogP contribution in [-0.2, 0) is 0 Å². The van der Waals surface area contributed by atoms with Gasteiger partial charge in [0.05, 0.1) is 7.05 Å². The maximum atomic E-state index is 9.54. The largest absolute Gasteiger partial charge is 0.300 e. The summed E-state index contributed by atoms with van der Waals surface area (Å²) in [4.78, 5) is 4.04. The Bertz CT molecular complexity index is 171. The molecule has 2 nitrogen and oxygen atoms in total. The van der Waals surface area contributed by atoms with Crippen LogP contribution in [0.25, 0.3) is 0 Å². The average molecular weight is 179 g/mol. The highest BCUT2D eigenvalue weighted by Gasteiger charge is 1.85. The molecule has 1 heterocycles. The summed E-state index contributed by atoms with van der Waals surface area (Å²) in [6.45, 7) is 0. The summed E-state index contributed by atoms with van der Waals surface area (Å²) in [5.41, 5.74) is 0. The lowest BCUT2D eigenvalue weighted by Crippen LogP contribution is -2.73. The zero-order chi connectivity index (χ0) is 8.53. The molecule has 0 unspecified atom stereocenters. The van der Waals surface area contributed by atoms with Gasteiger partial charge in [-0.3, -0.25) is 5.32 Å². The molecule has 0 amide bonds. The smallest absolute Gasteiger partial charge is 0.255 e. The standard InChI is InChI=1S/C6H8N2.F2S/c1-7-6-4-2-3-5-8-6;1-3-2/h2-5H,1H3,(H,7,8);/p+1. The zero-order valence-corrected chi connectivity index (χ0v) is 6.81. The van der Waals surface area contributed by atoms with Crippen molar-refractivity contribution in [3.63, 3.8) is 0 Å². The van der Waals surface area contributed by atoms with Gasteiger partial charge in [0.25, 0.3) is 12.5 Å². The van der Waals surface area contributed by atoms with Crippen LogP contribution in [0.3, 0.4) is 0 Å². The molecule has 0 spiro atoms. The molecule has 1 aromatic heterocycles. The first-order chi connectivity index (χ1) is 5.35. The predicted molar refractivity (Wildman–Crippen MR) is 41.6 cm³/mol. The minimum absolute atomic E-state index is 1.03. The first-order valence-corrected chi connectivity index (χ1v) is 3.56. The quantitative estimate of drug-likeness (QED) is 0.706. The van der Waals surface area contributed by atoms with E-state index in [4.69, 9.17) is 0 Å². The fourth-order valence-electron chi connectivity index (χ4n) is 0.547. The van der Waals surface area contributed by atoms with Crippen molar-refractivity contribution in [3.8, 4) is 0 Å². The van der Waals surface area contributed by atoms with Gasteiger partial charge in [0.2, 0.25) is 5.82 Å². The highest BCUT2D eigenvalue weighted by Crippen LogP contribution is 1.95. The average Bonchev–Trinajstić information content (AvgIpc) is 2.08. The Labute approximate surface area is 68.6 Å². The summed E-state index contributed by atoms with van der Waals surface area (Å²) < 4.78 is 19.1. The molecular weight excluding hydrogens is 170 g/mol. The third-order valence-electron chi connectivity index (χ3n) is 0.984. The number of hydrogen-bond donors (Lipinski definition) is 1. The molecule has 0 aliphatic carbocycles. The Hall–Kier alpha value is -0.680. The van der Waals surface area contributed by atoms with Crippen molar-refractivity contribution in [3.05, 3.63) is 24.4 Å². The second-order valence-corrected chi connectivity index (χ2v) is 1.72. The van der Waals surface area contributed by atoms with Crippen molar-refractivity contribution in [1.29, 1.82) is 0 Å². The number of hydrogen-bond acceptors (Lipinski definition) is 2. The normalized spacial score (nSPS) is 8.27. The van der Waals surface area contributed by atoms with E-state index in [9.17, 15) is 7.77 Å². The topological polar surface area (TPSA) is 29.5 Å². The van der Waals surface area contributed by atoms with E-state index in [1.165, 1.54) is 0 Å². The van der Waals surface area contributed by atoms with Crippen LogP contribution in [0.1, 0.15) is 0 Å². The molecule has 1 aromatic rings. The summed E-state index contributed by atoms with van der Waals surface area (Å²) in [6, 6.07) is 5.86. The first kappa shape index (κ1) is 10.3. The molecular formula is C6H9F2N2S+. The highest BCUT2D eigenvalue weighted by atomic mass is 32.2. The van der Waals surface area contributed by atoms with E-state index in [1.807, 2.05) is 30.6 Å². The minimum Gasteiger partial charge on any atom is -0.300 e. The van der Waals surface area contributed by atoms with Crippen molar-refractivity contribution in [1.82, 2.24) is 4.98 Å². The monoisotopic (exact) mass is 179 g/mol. The van der Waals surface area contributed by atoms with Gasteiger partial charge in [0, 0.05) is 12.3 Å². The third-order valence-corrected chi connectivity index (χ3v) is 0.984. The Morgan fingerprint density at radius 2 is 2.09 bits per heavy atom. The van der Waals surface area contributed by atoms with E-state index in [0.717, 1.165) is 5.82 Å². The van der Waals surface area contributed by atoms with Crippen LogP contribution in [0.15, 0.2) is 24.4 Å². The summed E-state index contributed by atoms with van der Waals surface area (Å²) in [5.74, 6) is 1.03. The second kappa shape index (κ2) is 7.43. The molecule has 0 radical (unpaired) electrons. The van der Waals surface area contributed by atoms with Gasteiger partial charge in [-0.2, -0.15) is 0 Å². The van der Waals surface area contributed by atoms with Crippen LogP contribution in [0.4, 0.5) is 13.6 Å². The van der Waals surface area contributed by atoms with E-state index in [0.29, 0.717) is 0 Å². The number of aromatic nitrogens is 1. The Morgan fingerprint density at radius 3 is 2.36 bits per heavy atom. The number of halogens is 2. The molecule has 0 aliphatic rings.